The van der Waals surface area contributed by atoms with Gasteiger partial charge in [-0.2, -0.15) is 5.10 Å². The number of pyridine rings is 1. The van der Waals surface area contributed by atoms with E-state index < -0.39 is 0 Å². The molecule has 2 aromatic rings. The molecule has 0 fully saturated rings. The van der Waals surface area contributed by atoms with Gasteiger partial charge in [-0.1, -0.05) is 6.07 Å². The topological polar surface area (TPSA) is 53.6 Å². The van der Waals surface area contributed by atoms with Crippen molar-refractivity contribution in [2.75, 3.05) is 5.32 Å². The van der Waals surface area contributed by atoms with Crippen LogP contribution in [0.4, 0.5) is 5.69 Å². The summed E-state index contributed by atoms with van der Waals surface area (Å²) >= 11 is 0. The Bertz CT molecular complexity index is 442. The van der Waals surface area contributed by atoms with Gasteiger partial charge in [0.25, 0.3) is 0 Å². The summed E-state index contributed by atoms with van der Waals surface area (Å²) in [5.41, 5.74) is 4.14. The van der Waals surface area contributed by atoms with E-state index in [4.69, 9.17) is 0 Å². The van der Waals surface area contributed by atoms with Gasteiger partial charge in [0.15, 0.2) is 0 Å². The minimum Gasteiger partial charge on any atom is -0.374 e. The van der Waals surface area contributed by atoms with E-state index in [0.29, 0.717) is 0 Å². The molecule has 0 aromatic carbocycles. The molecule has 2 aromatic heterocycles. The summed E-state index contributed by atoms with van der Waals surface area (Å²) in [6.45, 7) is 6.08. The maximum Gasteiger partial charge on any atom is 0.0825 e. The summed E-state index contributed by atoms with van der Waals surface area (Å²) < 4.78 is 0. The average molecular weight is 216 g/mol. The summed E-state index contributed by atoms with van der Waals surface area (Å²) in [7, 11) is 0. The molecule has 0 spiro atoms. The molecule has 0 bridgehead atoms. The van der Waals surface area contributed by atoms with Crippen molar-refractivity contribution in [1.82, 2.24) is 15.2 Å². The van der Waals surface area contributed by atoms with Crippen LogP contribution in [0.5, 0.6) is 0 Å². The molecule has 1 atom stereocenters. The number of anilines is 1. The van der Waals surface area contributed by atoms with Crippen LogP contribution in [0, 0.1) is 13.8 Å². The summed E-state index contributed by atoms with van der Waals surface area (Å²) in [6, 6.07) is 6.11. The molecule has 2 heterocycles. The molecule has 84 valence electrons. The van der Waals surface area contributed by atoms with Crippen molar-refractivity contribution < 1.29 is 0 Å². The molecule has 2 N–H and O–H groups in total. The van der Waals surface area contributed by atoms with Gasteiger partial charge < -0.3 is 5.32 Å². The second kappa shape index (κ2) is 4.35. The van der Waals surface area contributed by atoms with Crippen molar-refractivity contribution in [2.45, 2.75) is 26.8 Å². The first-order valence-electron chi connectivity index (χ1n) is 5.37. The largest absolute Gasteiger partial charge is 0.374 e. The van der Waals surface area contributed by atoms with Gasteiger partial charge >= 0.3 is 0 Å². The third-order valence-corrected chi connectivity index (χ3v) is 2.62. The zero-order valence-corrected chi connectivity index (χ0v) is 9.78. The highest BCUT2D eigenvalue weighted by Gasteiger charge is 2.11. The fraction of sp³-hybridized carbons (Fsp3) is 0.333. The lowest BCUT2D eigenvalue weighted by atomic mass is 10.2. The lowest BCUT2D eigenvalue weighted by molar-refractivity contribution is 0.836. The fourth-order valence-electron chi connectivity index (χ4n) is 1.69. The van der Waals surface area contributed by atoms with Crippen molar-refractivity contribution >= 4 is 5.69 Å². The fourth-order valence-corrected chi connectivity index (χ4v) is 1.69. The van der Waals surface area contributed by atoms with Gasteiger partial charge in [-0.15, -0.1) is 0 Å². The van der Waals surface area contributed by atoms with Gasteiger partial charge in [0.1, 0.15) is 0 Å². The standard InChI is InChI=1S/C12H16N4/c1-8(11-6-4-5-7-13-11)14-12-9(2)15-16-10(12)3/h4-8,14H,1-3H3,(H,15,16). The normalized spacial score (nSPS) is 12.4. The van der Waals surface area contributed by atoms with Gasteiger partial charge in [0.05, 0.1) is 28.8 Å². The minimum atomic E-state index is 0.177. The van der Waals surface area contributed by atoms with E-state index in [2.05, 4.69) is 27.4 Å². The van der Waals surface area contributed by atoms with Crippen LogP contribution in [0.2, 0.25) is 0 Å². The van der Waals surface area contributed by atoms with Gasteiger partial charge in [-0.25, -0.2) is 0 Å². The van der Waals surface area contributed by atoms with Crippen molar-refractivity contribution in [3.05, 3.63) is 41.5 Å². The van der Waals surface area contributed by atoms with Crippen LogP contribution >= 0.6 is 0 Å². The van der Waals surface area contributed by atoms with E-state index in [9.17, 15) is 0 Å². The molecule has 0 aliphatic heterocycles. The Kier molecular flexibility index (Phi) is 2.90. The summed E-state index contributed by atoms with van der Waals surface area (Å²) in [6.07, 6.45) is 1.81. The van der Waals surface area contributed by atoms with E-state index >= 15 is 0 Å². The van der Waals surface area contributed by atoms with E-state index in [1.54, 1.807) is 0 Å². The van der Waals surface area contributed by atoms with Crippen molar-refractivity contribution in [3.8, 4) is 0 Å². The Morgan fingerprint density at radius 1 is 1.31 bits per heavy atom. The van der Waals surface area contributed by atoms with Crippen molar-refractivity contribution in [2.24, 2.45) is 0 Å². The van der Waals surface area contributed by atoms with Gasteiger partial charge in [-0.3, -0.25) is 10.1 Å². The molecule has 2 rings (SSSR count). The second-order valence-electron chi connectivity index (χ2n) is 3.93. The maximum atomic E-state index is 4.33. The molecule has 0 amide bonds. The number of aryl methyl sites for hydroxylation is 2. The predicted molar refractivity (Wildman–Crippen MR) is 64.3 cm³/mol. The van der Waals surface area contributed by atoms with Crippen LogP contribution in [0.1, 0.15) is 30.0 Å². The molecular formula is C12H16N4. The third kappa shape index (κ3) is 2.05. The van der Waals surface area contributed by atoms with E-state index in [0.717, 1.165) is 22.8 Å². The molecule has 0 saturated carbocycles. The Balaban J connectivity index is 2.17. The lowest BCUT2D eigenvalue weighted by Crippen LogP contribution is -2.09. The van der Waals surface area contributed by atoms with Crippen LogP contribution in [-0.4, -0.2) is 15.2 Å². The Morgan fingerprint density at radius 3 is 2.69 bits per heavy atom. The number of nitrogens with zero attached hydrogens (tertiary/aromatic N) is 2. The highest BCUT2D eigenvalue weighted by atomic mass is 15.2. The smallest absolute Gasteiger partial charge is 0.0825 e. The van der Waals surface area contributed by atoms with Crippen LogP contribution in [0.3, 0.4) is 0 Å². The summed E-state index contributed by atoms with van der Waals surface area (Å²) in [5.74, 6) is 0. The monoisotopic (exact) mass is 216 g/mol. The Labute approximate surface area is 95.1 Å². The summed E-state index contributed by atoms with van der Waals surface area (Å²) in [4.78, 5) is 4.33. The zero-order chi connectivity index (χ0) is 11.5. The van der Waals surface area contributed by atoms with Crippen LogP contribution < -0.4 is 5.32 Å². The van der Waals surface area contributed by atoms with Crippen molar-refractivity contribution in [1.29, 1.82) is 0 Å². The highest BCUT2D eigenvalue weighted by Crippen LogP contribution is 2.22. The SMILES string of the molecule is Cc1n[nH]c(C)c1NC(C)c1ccccn1. The summed E-state index contributed by atoms with van der Waals surface area (Å²) in [5, 5.41) is 10.5. The predicted octanol–water partition coefficient (Wildman–Crippen LogP) is 2.59. The maximum absolute atomic E-state index is 4.33. The number of hydrogen-bond acceptors (Lipinski definition) is 3. The first-order valence-corrected chi connectivity index (χ1v) is 5.37. The molecule has 4 heteroatoms. The minimum absolute atomic E-state index is 0.177. The van der Waals surface area contributed by atoms with E-state index in [1.807, 2.05) is 38.2 Å². The van der Waals surface area contributed by atoms with E-state index in [-0.39, 0.29) is 6.04 Å². The zero-order valence-electron chi connectivity index (χ0n) is 9.78. The lowest BCUT2D eigenvalue weighted by Gasteiger charge is -2.14. The molecular weight excluding hydrogens is 200 g/mol. The van der Waals surface area contributed by atoms with Gasteiger partial charge in [-0.05, 0) is 32.9 Å². The Hall–Kier alpha value is -1.84. The van der Waals surface area contributed by atoms with E-state index in [1.165, 1.54) is 0 Å². The number of hydrogen-bond donors (Lipinski definition) is 2. The number of H-pyrrole nitrogens is 1. The quantitative estimate of drug-likeness (QED) is 0.829. The number of aromatic nitrogens is 3. The molecule has 1 unspecified atom stereocenters. The molecule has 0 aliphatic rings. The first-order chi connectivity index (χ1) is 7.68. The first kappa shape index (κ1) is 10.7. The van der Waals surface area contributed by atoms with Crippen LogP contribution in [-0.2, 0) is 0 Å². The number of rotatable bonds is 3. The average Bonchev–Trinajstić information content (AvgIpc) is 2.62. The highest BCUT2D eigenvalue weighted by molar-refractivity contribution is 5.52. The van der Waals surface area contributed by atoms with Crippen LogP contribution in [0.25, 0.3) is 0 Å². The molecule has 0 radical (unpaired) electrons. The van der Waals surface area contributed by atoms with Crippen LogP contribution in [0.15, 0.2) is 24.4 Å². The number of aromatic amines is 1. The molecule has 0 aliphatic carbocycles. The molecule has 4 nitrogen and oxygen atoms in total. The molecule has 0 saturated heterocycles. The van der Waals surface area contributed by atoms with Crippen molar-refractivity contribution in [3.63, 3.8) is 0 Å². The molecule has 16 heavy (non-hydrogen) atoms. The Morgan fingerprint density at radius 2 is 2.12 bits per heavy atom. The van der Waals surface area contributed by atoms with Gasteiger partial charge in [0, 0.05) is 6.20 Å². The van der Waals surface area contributed by atoms with Gasteiger partial charge in [0.2, 0.25) is 0 Å². The second-order valence-corrected chi connectivity index (χ2v) is 3.93. The third-order valence-electron chi connectivity index (χ3n) is 2.62. The number of nitrogens with one attached hydrogen (secondary N) is 2.